The number of halogens is 3. The van der Waals surface area contributed by atoms with E-state index in [2.05, 4.69) is 0 Å². The first-order valence-corrected chi connectivity index (χ1v) is 7.20. The summed E-state index contributed by atoms with van der Waals surface area (Å²) in [6, 6.07) is 3.21. The number of hydrogen-bond acceptors (Lipinski definition) is 2. The number of hydrogen-bond donors (Lipinski definition) is 1. The van der Waals surface area contributed by atoms with Gasteiger partial charge in [0.15, 0.2) is 11.6 Å². The number of piperidine rings is 1. The van der Waals surface area contributed by atoms with Gasteiger partial charge in [-0.05, 0) is 25.0 Å². The maximum atomic E-state index is 13.4. The van der Waals surface area contributed by atoms with E-state index in [-0.39, 0.29) is 25.9 Å². The molecule has 1 aromatic carbocycles. The zero-order valence-electron chi connectivity index (χ0n) is 9.94. The van der Waals surface area contributed by atoms with Gasteiger partial charge in [-0.15, -0.1) is 0 Å². The van der Waals surface area contributed by atoms with Gasteiger partial charge < -0.3 is 0 Å². The number of alkyl halides is 1. The highest BCUT2D eigenvalue weighted by Gasteiger charge is 2.28. The standard InChI is InChI=1S/C11H13F3N2O2S/c12-8-4-6-16(7-5-8)19(17,18)15-10-3-1-2-9(13)11(10)14/h1-3,8,15H,4-7H2. The minimum Gasteiger partial charge on any atom is -0.268 e. The smallest absolute Gasteiger partial charge is 0.268 e. The van der Waals surface area contributed by atoms with Crippen molar-refractivity contribution < 1.29 is 21.6 Å². The van der Waals surface area contributed by atoms with Gasteiger partial charge in [0.05, 0.1) is 5.69 Å². The third kappa shape index (κ3) is 3.19. The predicted molar refractivity (Wildman–Crippen MR) is 64.6 cm³/mol. The highest BCUT2D eigenvalue weighted by atomic mass is 32.2. The SMILES string of the molecule is O=S(=O)(Nc1cccc(F)c1F)N1CCC(F)CC1. The van der Waals surface area contributed by atoms with Crippen LogP contribution in [0.15, 0.2) is 18.2 Å². The van der Waals surface area contributed by atoms with Crippen LogP contribution in [0.25, 0.3) is 0 Å². The molecule has 4 nitrogen and oxygen atoms in total. The van der Waals surface area contributed by atoms with Gasteiger partial charge in [-0.2, -0.15) is 12.7 Å². The third-order valence-electron chi connectivity index (χ3n) is 2.91. The fourth-order valence-electron chi connectivity index (χ4n) is 1.85. The highest BCUT2D eigenvalue weighted by molar-refractivity contribution is 7.90. The second kappa shape index (κ2) is 5.38. The molecular formula is C11H13F3N2O2S. The normalized spacial score (nSPS) is 18.5. The molecule has 8 heteroatoms. The lowest BCUT2D eigenvalue weighted by Crippen LogP contribution is -2.42. The van der Waals surface area contributed by atoms with Crippen molar-refractivity contribution in [3.8, 4) is 0 Å². The lowest BCUT2D eigenvalue weighted by Gasteiger charge is -2.28. The molecule has 0 bridgehead atoms. The molecule has 1 aromatic rings. The first-order valence-electron chi connectivity index (χ1n) is 5.76. The molecule has 1 fully saturated rings. The van der Waals surface area contributed by atoms with Crippen molar-refractivity contribution in [1.29, 1.82) is 0 Å². The lowest BCUT2D eigenvalue weighted by molar-refractivity contribution is 0.211. The van der Waals surface area contributed by atoms with E-state index in [0.29, 0.717) is 0 Å². The zero-order valence-corrected chi connectivity index (χ0v) is 10.8. The minimum absolute atomic E-state index is 0.0213. The van der Waals surface area contributed by atoms with Crippen LogP contribution in [-0.2, 0) is 10.2 Å². The van der Waals surface area contributed by atoms with E-state index in [1.54, 1.807) is 0 Å². The minimum atomic E-state index is -3.99. The van der Waals surface area contributed by atoms with Crippen molar-refractivity contribution in [3.05, 3.63) is 29.8 Å². The van der Waals surface area contributed by atoms with Crippen LogP contribution in [0.1, 0.15) is 12.8 Å². The van der Waals surface area contributed by atoms with E-state index in [9.17, 15) is 21.6 Å². The van der Waals surface area contributed by atoms with Gasteiger partial charge in [0.25, 0.3) is 0 Å². The molecule has 19 heavy (non-hydrogen) atoms. The highest BCUT2D eigenvalue weighted by Crippen LogP contribution is 2.21. The van der Waals surface area contributed by atoms with E-state index in [4.69, 9.17) is 0 Å². The first-order chi connectivity index (χ1) is 8.90. The molecule has 1 N–H and O–H groups in total. The van der Waals surface area contributed by atoms with Gasteiger partial charge in [0.2, 0.25) is 0 Å². The van der Waals surface area contributed by atoms with Gasteiger partial charge >= 0.3 is 10.2 Å². The molecule has 1 saturated heterocycles. The molecule has 2 rings (SSSR count). The van der Waals surface area contributed by atoms with E-state index in [1.807, 2.05) is 4.72 Å². The summed E-state index contributed by atoms with van der Waals surface area (Å²) in [5.41, 5.74) is -0.456. The number of rotatable bonds is 3. The molecule has 0 saturated carbocycles. The molecule has 0 aromatic heterocycles. The zero-order chi connectivity index (χ0) is 14.0. The van der Waals surface area contributed by atoms with Crippen molar-refractivity contribution >= 4 is 15.9 Å². The Bertz CT molecular complexity index is 557. The maximum absolute atomic E-state index is 13.4. The Morgan fingerprint density at radius 2 is 1.84 bits per heavy atom. The lowest BCUT2D eigenvalue weighted by atomic mass is 10.1. The average molecular weight is 294 g/mol. The second-order valence-corrected chi connectivity index (χ2v) is 5.95. The molecule has 0 radical (unpaired) electrons. The Kier molecular flexibility index (Phi) is 4.00. The van der Waals surface area contributed by atoms with Gasteiger partial charge in [-0.25, -0.2) is 13.2 Å². The van der Waals surface area contributed by atoms with Crippen LogP contribution < -0.4 is 4.72 Å². The molecule has 0 atom stereocenters. The van der Waals surface area contributed by atoms with Crippen LogP contribution in [0.3, 0.4) is 0 Å². The summed E-state index contributed by atoms with van der Waals surface area (Å²) in [5, 5.41) is 0. The molecule has 1 aliphatic rings. The molecule has 0 spiro atoms. The Hall–Kier alpha value is -1.28. The Balaban J connectivity index is 2.15. The van der Waals surface area contributed by atoms with Crippen LogP contribution >= 0.6 is 0 Å². The largest absolute Gasteiger partial charge is 0.301 e. The summed E-state index contributed by atoms with van der Waals surface area (Å²) in [5.74, 6) is -2.39. The topological polar surface area (TPSA) is 49.4 Å². The predicted octanol–water partition coefficient (Wildman–Crippen LogP) is 2.06. The van der Waals surface area contributed by atoms with Gasteiger partial charge in [0.1, 0.15) is 6.17 Å². The van der Waals surface area contributed by atoms with Crippen LogP contribution in [0, 0.1) is 11.6 Å². The van der Waals surface area contributed by atoms with Crippen molar-refractivity contribution in [2.45, 2.75) is 19.0 Å². The number of anilines is 1. The van der Waals surface area contributed by atoms with Crippen molar-refractivity contribution in [1.82, 2.24) is 4.31 Å². The summed E-state index contributed by atoms with van der Waals surface area (Å²) < 4.78 is 66.1. The summed E-state index contributed by atoms with van der Waals surface area (Å²) in [7, 11) is -3.99. The fourth-order valence-corrected chi connectivity index (χ4v) is 3.11. The molecular weight excluding hydrogens is 281 g/mol. The molecule has 0 amide bonds. The quantitative estimate of drug-likeness (QED) is 0.927. The Morgan fingerprint density at radius 1 is 1.21 bits per heavy atom. The number of nitrogens with zero attached hydrogens (tertiary/aromatic N) is 1. The van der Waals surface area contributed by atoms with Gasteiger partial charge in [-0.3, -0.25) is 4.72 Å². The van der Waals surface area contributed by atoms with Gasteiger partial charge in [-0.1, -0.05) is 6.07 Å². The Labute approximate surface area is 109 Å². The molecule has 1 heterocycles. The van der Waals surface area contributed by atoms with Crippen LogP contribution in [-0.4, -0.2) is 32.0 Å². The number of nitrogens with one attached hydrogen (secondary N) is 1. The van der Waals surface area contributed by atoms with E-state index < -0.39 is 33.7 Å². The monoisotopic (exact) mass is 294 g/mol. The van der Waals surface area contributed by atoms with Gasteiger partial charge in [0, 0.05) is 13.1 Å². The van der Waals surface area contributed by atoms with E-state index in [0.717, 1.165) is 16.4 Å². The average Bonchev–Trinajstić information content (AvgIpc) is 2.35. The summed E-state index contributed by atoms with van der Waals surface area (Å²) in [4.78, 5) is 0. The fraction of sp³-hybridized carbons (Fsp3) is 0.455. The van der Waals surface area contributed by atoms with Crippen LogP contribution in [0.5, 0.6) is 0 Å². The Morgan fingerprint density at radius 3 is 2.47 bits per heavy atom. The molecule has 0 aliphatic carbocycles. The third-order valence-corrected chi connectivity index (χ3v) is 4.44. The summed E-state index contributed by atoms with van der Waals surface area (Å²) in [6.07, 6.45) is -0.809. The number of benzene rings is 1. The van der Waals surface area contributed by atoms with E-state index in [1.165, 1.54) is 6.07 Å². The summed E-state index contributed by atoms with van der Waals surface area (Å²) >= 11 is 0. The van der Waals surface area contributed by atoms with Crippen LogP contribution in [0.2, 0.25) is 0 Å². The van der Waals surface area contributed by atoms with Crippen molar-refractivity contribution in [2.24, 2.45) is 0 Å². The van der Waals surface area contributed by atoms with Crippen molar-refractivity contribution in [3.63, 3.8) is 0 Å². The van der Waals surface area contributed by atoms with E-state index >= 15 is 0 Å². The summed E-state index contributed by atoms with van der Waals surface area (Å²) in [6.45, 7) is 0.0425. The molecule has 106 valence electrons. The second-order valence-electron chi connectivity index (χ2n) is 4.28. The molecule has 1 aliphatic heterocycles. The first kappa shape index (κ1) is 14.1. The maximum Gasteiger partial charge on any atom is 0.301 e. The molecule has 0 unspecified atom stereocenters. The van der Waals surface area contributed by atoms with Crippen LogP contribution in [0.4, 0.5) is 18.9 Å². The van der Waals surface area contributed by atoms with Crippen molar-refractivity contribution in [2.75, 3.05) is 17.8 Å².